The predicted molar refractivity (Wildman–Crippen MR) is 81.0 cm³/mol. The lowest BCUT2D eigenvalue weighted by atomic mass is 9.93. The molecule has 2 heteroatoms. The van der Waals surface area contributed by atoms with Crippen molar-refractivity contribution < 1.29 is 0 Å². The topological polar surface area (TPSA) is 15.3 Å². The van der Waals surface area contributed by atoms with Gasteiger partial charge in [-0.2, -0.15) is 0 Å². The first-order chi connectivity index (χ1) is 8.62. The maximum Gasteiger partial charge on any atom is 0.00950 e. The molecule has 1 heterocycles. The molecule has 0 aliphatic carbocycles. The lowest BCUT2D eigenvalue weighted by Crippen LogP contribution is -2.48. The Kier molecular flexibility index (Phi) is 7.25. The highest BCUT2D eigenvalue weighted by Gasteiger charge is 2.24. The minimum absolute atomic E-state index is 0.673. The maximum absolute atomic E-state index is 3.76. The summed E-state index contributed by atoms with van der Waals surface area (Å²) < 4.78 is 0. The molecule has 1 aliphatic rings. The molecule has 0 amide bonds. The van der Waals surface area contributed by atoms with Gasteiger partial charge in [0.15, 0.2) is 0 Å². The zero-order chi connectivity index (χ0) is 13.5. The Hall–Kier alpha value is -0.0800. The van der Waals surface area contributed by atoms with E-state index in [1.807, 2.05) is 0 Å². The molecule has 0 aromatic carbocycles. The molecule has 1 saturated heterocycles. The molecule has 1 rings (SSSR count). The zero-order valence-electron chi connectivity index (χ0n) is 13.2. The van der Waals surface area contributed by atoms with Crippen molar-refractivity contribution in [3.8, 4) is 0 Å². The van der Waals surface area contributed by atoms with Crippen molar-refractivity contribution in [1.29, 1.82) is 0 Å². The Labute approximate surface area is 115 Å². The molecule has 0 spiro atoms. The van der Waals surface area contributed by atoms with E-state index in [4.69, 9.17) is 0 Å². The number of nitrogens with one attached hydrogen (secondary N) is 1. The molecular formula is C16H34N2. The van der Waals surface area contributed by atoms with Gasteiger partial charge in [-0.25, -0.2) is 0 Å². The van der Waals surface area contributed by atoms with E-state index in [1.165, 1.54) is 45.2 Å². The first-order valence-corrected chi connectivity index (χ1v) is 8.12. The van der Waals surface area contributed by atoms with Gasteiger partial charge in [-0.05, 0) is 52.1 Å². The highest BCUT2D eigenvalue weighted by molar-refractivity contribution is 4.81. The Morgan fingerprint density at radius 1 is 1.11 bits per heavy atom. The molecule has 0 bridgehead atoms. The van der Waals surface area contributed by atoms with Crippen LogP contribution in [0.3, 0.4) is 0 Å². The fourth-order valence-electron chi connectivity index (χ4n) is 3.36. The van der Waals surface area contributed by atoms with E-state index in [9.17, 15) is 0 Å². The van der Waals surface area contributed by atoms with Crippen molar-refractivity contribution in [3.63, 3.8) is 0 Å². The summed E-state index contributed by atoms with van der Waals surface area (Å²) in [6, 6.07) is 2.14. The summed E-state index contributed by atoms with van der Waals surface area (Å²) in [5.74, 6) is 0.868. The highest BCUT2D eigenvalue weighted by atomic mass is 15.2. The summed E-state index contributed by atoms with van der Waals surface area (Å²) in [4.78, 5) is 2.75. The monoisotopic (exact) mass is 254 g/mol. The number of nitrogens with zero attached hydrogens (tertiary/aromatic N) is 1. The van der Waals surface area contributed by atoms with Crippen LogP contribution in [0.15, 0.2) is 0 Å². The van der Waals surface area contributed by atoms with Crippen LogP contribution < -0.4 is 5.32 Å². The number of rotatable bonds is 5. The van der Waals surface area contributed by atoms with Crippen molar-refractivity contribution in [2.24, 2.45) is 5.92 Å². The van der Waals surface area contributed by atoms with Crippen LogP contribution in [0, 0.1) is 5.92 Å². The van der Waals surface area contributed by atoms with E-state index in [1.54, 1.807) is 0 Å². The largest absolute Gasteiger partial charge is 0.311 e. The fourth-order valence-corrected chi connectivity index (χ4v) is 3.36. The third-order valence-corrected chi connectivity index (χ3v) is 4.93. The van der Waals surface area contributed by atoms with Crippen molar-refractivity contribution in [2.75, 3.05) is 13.1 Å². The maximum atomic E-state index is 3.76. The van der Waals surface area contributed by atoms with Crippen LogP contribution in [-0.2, 0) is 0 Å². The standard InChI is InChI=1S/C16H34N2/c1-6-15(7-2)14(5)18-11-9-13(4)17-16(8-3)10-12-18/h13-17H,6-12H2,1-5H3. The number of hydrogen-bond donors (Lipinski definition) is 1. The molecule has 0 aromatic rings. The summed E-state index contributed by atoms with van der Waals surface area (Å²) >= 11 is 0. The minimum atomic E-state index is 0.673. The van der Waals surface area contributed by atoms with Crippen LogP contribution >= 0.6 is 0 Å². The van der Waals surface area contributed by atoms with E-state index in [-0.39, 0.29) is 0 Å². The zero-order valence-corrected chi connectivity index (χ0v) is 13.2. The van der Waals surface area contributed by atoms with Gasteiger partial charge >= 0.3 is 0 Å². The van der Waals surface area contributed by atoms with Gasteiger partial charge in [0.1, 0.15) is 0 Å². The second-order valence-corrected chi connectivity index (χ2v) is 6.10. The van der Waals surface area contributed by atoms with Crippen molar-refractivity contribution in [1.82, 2.24) is 10.2 Å². The molecule has 1 fully saturated rings. The lowest BCUT2D eigenvalue weighted by Gasteiger charge is -2.38. The van der Waals surface area contributed by atoms with Gasteiger partial charge in [0.2, 0.25) is 0 Å². The molecular weight excluding hydrogens is 220 g/mol. The van der Waals surface area contributed by atoms with Gasteiger partial charge in [-0.1, -0.05) is 33.6 Å². The molecule has 0 radical (unpaired) electrons. The molecule has 1 N–H and O–H groups in total. The molecule has 18 heavy (non-hydrogen) atoms. The molecule has 3 atom stereocenters. The van der Waals surface area contributed by atoms with Crippen LogP contribution in [0.5, 0.6) is 0 Å². The Balaban J connectivity index is 2.58. The first kappa shape index (κ1) is 16.0. The van der Waals surface area contributed by atoms with E-state index in [0.29, 0.717) is 6.04 Å². The van der Waals surface area contributed by atoms with E-state index in [0.717, 1.165) is 18.0 Å². The van der Waals surface area contributed by atoms with E-state index >= 15 is 0 Å². The number of hydrogen-bond acceptors (Lipinski definition) is 2. The van der Waals surface area contributed by atoms with E-state index in [2.05, 4.69) is 44.8 Å². The average Bonchev–Trinajstić information content (AvgIpc) is 2.35. The van der Waals surface area contributed by atoms with Crippen molar-refractivity contribution >= 4 is 0 Å². The predicted octanol–water partition coefficient (Wildman–Crippen LogP) is 3.66. The molecule has 0 saturated carbocycles. The van der Waals surface area contributed by atoms with Crippen LogP contribution in [0.2, 0.25) is 0 Å². The van der Waals surface area contributed by atoms with Crippen LogP contribution in [-0.4, -0.2) is 36.1 Å². The molecule has 3 unspecified atom stereocenters. The van der Waals surface area contributed by atoms with Gasteiger partial charge in [-0.15, -0.1) is 0 Å². The van der Waals surface area contributed by atoms with E-state index < -0.39 is 0 Å². The van der Waals surface area contributed by atoms with Gasteiger partial charge < -0.3 is 10.2 Å². The van der Waals surface area contributed by atoms with Crippen molar-refractivity contribution in [2.45, 2.75) is 84.8 Å². The van der Waals surface area contributed by atoms with Crippen molar-refractivity contribution in [3.05, 3.63) is 0 Å². The molecule has 0 aromatic heterocycles. The third kappa shape index (κ3) is 4.55. The van der Waals surface area contributed by atoms with Gasteiger partial charge in [0, 0.05) is 18.1 Å². The fraction of sp³-hybridized carbons (Fsp3) is 1.00. The average molecular weight is 254 g/mol. The molecule has 108 valence electrons. The SMILES string of the molecule is CCC1CCN(C(C)C(CC)CC)CCC(C)N1. The highest BCUT2D eigenvalue weighted by Crippen LogP contribution is 2.21. The Morgan fingerprint density at radius 2 is 1.72 bits per heavy atom. The second kappa shape index (κ2) is 8.16. The molecule has 1 aliphatic heterocycles. The van der Waals surface area contributed by atoms with Crippen LogP contribution in [0.1, 0.15) is 66.7 Å². The minimum Gasteiger partial charge on any atom is -0.311 e. The van der Waals surface area contributed by atoms with Gasteiger partial charge in [-0.3, -0.25) is 0 Å². The summed E-state index contributed by atoms with van der Waals surface area (Å²) in [5, 5.41) is 3.76. The quantitative estimate of drug-likeness (QED) is 0.805. The third-order valence-electron chi connectivity index (χ3n) is 4.93. The van der Waals surface area contributed by atoms with Gasteiger partial charge in [0.25, 0.3) is 0 Å². The molecule has 2 nitrogen and oxygen atoms in total. The first-order valence-electron chi connectivity index (χ1n) is 8.12. The summed E-state index contributed by atoms with van der Waals surface area (Å²) in [7, 11) is 0. The summed E-state index contributed by atoms with van der Waals surface area (Å²) in [6.45, 7) is 14.3. The second-order valence-electron chi connectivity index (χ2n) is 6.10. The Bertz CT molecular complexity index is 213. The van der Waals surface area contributed by atoms with Crippen LogP contribution in [0.25, 0.3) is 0 Å². The summed E-state index contributed by atoms with van der Waals surface area (Å²) in [6.07, 6.45) is 6.50. The van der Waals surface area contributed by atoms with Crippen LogP contribution in [0.4, 0.5) is 0 Å². The smallest absolute Gasteiger partial charge is 0.00950 e. The summed E-state index contributed by atoms with van der Waals surface area (Å²) in [5.41, 5.74) is 0. The van der Waals surface area contributed by atoms with Gasteiger partial charge in [0.05, 0.1) is 0 Å². The normalized spacial score (nSPS) is 29.0. The Morgan fingerprint density at radius 3 is 2.28 bits per heavy atom. The lowest BCUT2D eigenvalue weighted by molar-refractivity contribution is 0.122.